The van der Waals surface area contributed by atoms with Crippen LogP contribution in [0.2, 0.25) is 0 Å². The lowest BCUT2D eigenvalue weighted by Crippen LogP contribution is -2.37. The molecule has 1 saturated carbocycles. The van der Waals surface area contributed by atoms with Crippen LogP contribution in [-0.4, -0.2) is 24.0 Å². The molecule has 0 radical (unpaired) electrons. The summed E-state index contributed by atoms with van der Waals surface area (Å²) in [5.74, 6) is -0.549. The second kappa shape index (κ2) is 9.35. The first-order chi connectivity index (χ1) is 13.5. The molecule has 1 unspecified atom stereocenters. The first-order valence-electron chi connectivity index (χ1n) is 9.66. The van der Waals surface area contributed by atoms with Gasteiger partial charge in [0.2, 0.25) is 0 Å². The topological polar surface area (TPSA) is 67.4 Å². The minimum absolute atomic E-state index is 0.185. The van der Waals surface area contributed by atoms with Crippen molar-refractivity contribution in [3.63, 3.8) is 0 Å². The van der Waals surface area contributed by atoms with Crippen molar-refractivity contribution in [2.45, 2.75) is 51.2 Å². The summed E-state index contributed by atoms with van der Waals surface area (Å²) in [4.78, 5) is 25.2. The van der Waals surface area contributed by atoms with Crippen LogP contribution in [0.15, 0.2) is 48.5 Å². The maximum atomic E-state index is 13.0. The summed E-state index contributed by atoms with van der Waals surface area (Å²) in [6, 6.07) is 12.6. The molecule has 2 aromatic carbocycles. The minimum Gasteiger partial charge on any atom is -0.481 e. The Bertz CT molecular complexity index is 817. The number of para-hydroxylation sites is 1. The van der Waals surface area contributed by atoms with Gasteiger partial charge in [0.1, 0.15) is 11.6 Å². The average Bonchev–Trinajstić information content (AvgIpc) is 2.70. The van der Waals surface area contributed by atoms with Crippen LogP contribution in [0.5, 0.6) is 5.75 Å². The van der Waals surface area contributed by atoms with Gasteiger partial charge in [-0.15, -0.1) is 0 Å². The van der Waals surface area contributed by atoms with Gasteiger partial charge in [-0.05, 0) is 56.2 Å². The Morgan fingerprint density at radius 1 is 1.04 bits per heavy atom. The molecule has 2 N–H and O–H groups in total. The molecule has 0 spiro atoms. The molecule has 6 heteroatoms. The van der Waals surface area contributed by atoms with E-state index in [1.165, 1.54) is 30.7 Å². The zero-order valence-corrected chi connectivity index (χ0v) is 15.9. The number of ether oxygens (including phenoxy) is 1. The number of amides is 2. The molecule has 0 aliphatic heterocycles. The van der Waals surface area contributed by atoms with Crippen LogP contribution in [0.4, 0.5) is 10.1 Å². The third-order valence-electron chi connectivity index (χ3n) is 4.87. The molecule has 2 aromatic rings. The lowest BCUT2D eigenvalue weighted by Gasteiger charge is -2.23. The fourth-order valence-electron chi connectivity index (χ4n) is 3.31. The van der Waals surface area contributed by atoms with Crippen molar-refractivity contribution < 1.29 is 18.7 Å². The van der Waals surface area contributed by atoms with Crippen molar-refractivity contribution in [2.75, 3.05) is 5.32 Å². The van der Waals surface area contributed by atoms with Crippen LogP contribution < -0.4 is 15.4 Å². The highest BCUT2D eigenvalue weighted by Gasteiger charge is 2.21. The van der Waals surface area contributed by atoms with Crippen molar-refractivity contribution in [3.05, 3.63) is 59.9 Å². The van der Waals surface area contributed by atoms with Crippen molar-refractivity contribution in [2.24, 2.45) is 0 Å². The molecule has 1 aliphatic carbocycles. The monoisotopic (exact) mass is 384 g/mol. The summed E-state index contributed by atoms with van der Waals surface area (Å²) < 4.78 is 18.5. The van der Waals surface area contributed by atoms with E-state index < -0.39 is 6.10 Å². The Labute approximate surface area is 164 Å². The van der Waals surface area contributed by atoms with Crippen molar-refractivity contribution in [1.29, 1.82) is 0 Å². The number of benzene rings is 2. The molecule has 28 heavy (non-hydrogen) atoms. The number of nitrogens with one attached hydrogen (secondary N) is 2. The number of anilines is 1. The van der Waals surface area contributed by atoms with E-state index in [1.807, 2.05) is 0 Å². The molecule has 1 fully saturated rings. The van der Waals surface area contributed by atoms with E-state index in [9.17, 15) is 14.0 Å². The molecule has 5 nitrogen and oxygen atoms in total. The van der Waals surface area contributed by atoms with Crippen LogP contribution in [0.1, 0.15) is 49.4 Å². The van der Waals surface area contributed by atoms with E-state index in [1.54, 1.807) is 31.2 Å². The van der Waals surface area contributed by atoms with Crippen LogP contribution in [0.3, 0.4) is 0 Å². The lowest BCUT2D eigenvalue weighted by molar-refractivity contribution is -0.122. The Balaban J connectivity index is 1.63. The van der Waals surface area contributed by atoms with Gasteiger partial charge >= 0.3 is 0 Å². The van der Waals surface area contributed by atoms with Crippen molar-refractivity contribution in [3.8, 4) is 5.75 Å². The molecular weight excluding hydrogens is 359 g/mol. The molecule has 0 aromatic heterocycles. The molecule has 0 bridgehead atoms. The van der Waals surface area contributed by atoms with Crippen molar-refractivity contribution >= 4 is 17.5 Å². The summed E-state index contributed by atoms with van der Waals surface area (Å²) in [6.07, 6.45) is 4.64. The highest BCUT2D eigenvalue weighted by Crippen LogP contribution is 2.21. The van der Waals surface area contributed by atoms with Gasteiger partial charge in [0.15, 0.2) is 6.10 Å². The quantitative estimate of drug-likeness (QED) is 0.781. The summed E-state index contributed by atoms with van der Waals surface area (Å²) in [6.45, 7) is 1.60. The van der Waals surface area contributed by atoms with E-state index in [0.717, 1.165) is 25.7 Å². The molecule has 1 aliphatic rings. The minimum atomic E-state index is -0.806. The Hall–Kier alpha value is -2.89. The zero-order valence-electron chi connectivity index (χ0n) is 15.9. The smallest absolute Gasteiger partial charge is 0.265 e. The highest BCUT2D eigenvalue weighted by atomic mass is 19.1. The summed E-state index contributed by atoms with van der Waals surface area (Å²) >= 11 is 0. The van der Waals surface area contributed by atoms with Crippen LogP contribution in [-0.2, 0) is 4.79 Å². The van der Waals surface area contributed by atoms with Gasteiger partial charge in [-0.1, -0.05) is 31.4 Å². The normalized spacial score (nSPS) is 15.5. The van der Waals surface area contributed by atoms with E-state index in [-0.39, 0.29) is 23.7 Å². The molecule has 1 atom stereocenters. The van der Waals surface area contributed by atoms with E-state index in [2.05, 4.69) is 10.6 Å². The van der Waals surface area contributed by atoms with Gasteiger partial charge in [-0.25, -0.2) is 4.39 Å². The standard InChI is InChI=1S/C22H25FN2O3/c1-15(28-18-13-11-16(23)12-14-18)21(26)25-20-10-6-5-9-19(20)22(27)24-17-7-3-2-4-8-17/h5-6,9-15,17H,2-4,7-8H2,1H3,(H,24,27)(H,25,26). The Kier molecular flexibility index (Phi) is 6.63. The first kappa shape index (κ1) is 19.9. The number of hydrogen-bond acceptors (Lipinski definition) is 3. The molecule has 2 amide bonds. The SMILES string of the molecule is CC(Oc1ccc(F)cc1)C(=O)Nc1ccccc1C(=O)NC1CCCCC1. The number of hydrogen-bond donors (Lipinski definition) is 2. The van der Waals surface area contributed by atoms with Gasteiger partial charge in [0, 0.05) is 6.04 Å². The van der Waals surface area contributed by atoms with E-state index >= 15 is 0 Å². The number of carbonyl (C=O) groups is 2. The van der Waals surface area contributed by atoms with Gasteiger partial charge < -0.3 is 15.4 Å². The Morgan fingerprint density at radius 3 is 2.43 bits per heavy atom. The fourth-order valence-corrected chi connectivity index (χ4v) is 3.31. The maximum Gasteiger partial charge on any atom is 0.265 e. The number of carbonyl (C=O) groups excluding carboxylic acids is 2. The van der Waals surface area contributed by atoms with Gasteiger partial charge in [0.05, 0.1) is 11.3 Å². The summed E-state index contributed by atoms with van der Waals surface area (Å²) in [7, 11) is 0. The predicted octanol–water partition coefficient (Wildman–Crippen LogP) is 4.29. The third-order valence-corrected chi connectivity index (χ3v) is 4.87. The molecule has 148 valence electrons. The third kappa shape index (κ3) is 5.31. The van der Waals surface area contributed by atoms with Gasteiger partial charge in [0.25, 0.3) is 11.8 Å². The number of halogens is 1. The second-order valence-electron chi connectivity index (χ2n) is 7.06. The molecule has 3 rings (SSSR count). The van der Waals surface area contributed by atoms with Gasteiger partial charge in [-0.3, -0.25) is 9.59 Å². The van der Waals surface area contributed by atoms with Crippen LogP contribution in [0, 0.1) is 5.82 Å². The number of rotatable bonds is 6. The van der Waals surface area contributed by atoms with E-state index in [4.69, 9.17) is 4.74 Å². The van der Waals surface area contributed by atoms with E-state index in [0.29, 0.717) is 17.0 Å². The summed E-state index contributed by atoms with van der Waals surface area (Å²) in [5.41, 5.74) is 0.866. The molecular formula is C22H25FN2O3. The summed E-state index contributed by atoms with van der Waals surface area (Å²) in [5, 5.41) is 5.83. The first-order valence-corrected chi connectivity index (χ1v) is 9.66. The lowest BCUT2D eigenvalue weighted by atomic mass is 9.95. The second-order valence-corrected chi connectivity index (χ2v) is 7.06. The van der Waals surface area contributed by atoms with Gasteiger partial charge in [-0.2, -0.15) is 0 Å². The average molecular weight is 384 g/mol. The zero-order chi connectivity index (χ0) is 19.9. The van der Waals surface area contributed by atoms with Crippen LogP contribution >= 0.6 is 0 Å². The van der Waals surface area contributed by atoms with Crippen LogP contribution in [0.25, 0.3) is 0 Å². The van der Waals surface area contributed by atoms with Crippen molar-refractivity contribution in [1.82, 2.24) is 5.32 Å². The molecule has 0 heterocycles. The Morgan fingerprint density at radius 2 is 1.71 bits per heavy atom. The fraction of sp³-hybridized carbons (Fsp3) is 0.364. The largest absolute Gasteiger partial charge is 0.481 e. The predicted molar refractivity (Wildman–Crippen MR) is 106 cm³/mol. The maximum absolute atomic E-state index is 13.0. The highest BCUT2D eigenvalue weighted by molar-refractivity contribution is 6.04. The molecule has 0 saturated heterocycles.